The summed E-state index contributed by atoms with van der Waals surface area (Å²) in [6.07, 6.45) is 0. The SMILES string of the molecule is Cc1nc2ccccc2n1-c1ccc(-c2ccc(-c3ccc4c5c(cccc35)-c3ccccc3O4)cc2)cc1. The van der Waals surface area contributed by atoms with Crippen molar-refractivity contribution in [3.8, 4) is 50.6 Å². The van der Waals surface area contributed by atoms with E-state index in [1.165, 1.54) is 38.6 Å². The summed E-state index contributed by atoms with van der Waals surface area (Å²) in [5.41, 5.74) is 10.4. The molecule has 3 heteroatoms. The molecule has 184 valence electrons. The minimum Gasteiger partial charge on any atom is -0.456 e. The van der Waals surface area contributed by atoms with Gasteiger partial charge in [-0.2, -0.15) is 0 Å². The molecule has 0 fully saturated rings. The predicted molar refractivity (Wildman–Crippen MR) is 160 cm³/mol. The Kier molecular flexibility index (Phi) is 4.74. The van der Waals surface area contributed by atoms with Crippen LogP contribution in [-0.4, -0.2) is 9.55 Å². The number of nitrogens with zero attached hydrogens (tertiary/aromatic N) is 2. The largest absolute Gasteiger partial charge is 0.456 e. The van der Waals surface area contributed by atoms with Crippen molar-refractivity contribution >= 4 is 21.8 Å². The smallest absolute Gasteiger partial charge is 0.135 e. The number of para-hydroxylation sites is 3. The van der Waals surface area contributed by atoms with E-state index in [1.54, 1.807) is 0 Å². The Bertz CT molecular complexity index is 2030. The van der Waals surface area contributed by atoms with Gasteiger partial charge in [0.25, 0.3) is 0 Å². The maximum absolute atomic E-state index is 6.28. The molecule has 0 saturated heterocycles. The molecule has 0 unspecified atom stereocenters. The summed E-state index contributed by atoms with van der Waals surface area (Å²) >= 11 is 0. The molecule has 0 radical (unpaired) electrons. The van der Waals surface area contributed by atoms with Crippen molar-refractivity contribution in [3.63, 3.8) is 0 Å². The molecule has 7 aromatic rings. The normalized spacial score (nSPS) is 11.9. The van der Waals surface area contributed by atoms with Crippen molar-refractivity contribution in [1.82, 2.24) is 9.55 Å². The summed E-state index contributed by atoms with van der Waals surface area (Å²) in [5.74, 6) is 2.82. The Balaban J connectivity index is 1.15. The summed E-state index contributed by atoms with van der Waals surface area (Å²) in [5, 5.41) is 2.38. The second kappa shape index (κ2) is 8.44. The third kappa shape index (κ3) is 3.40. The van der Waals surface area contributed by atoms with Crippen LogP contribution in [0.2, 0.25) is 0 Å². The molecule has 6 aromatic carbocycles. The summed E-state index contributed by atoms with van der Waals surface area (Å²) in [7, 11) is 0. The summed E-state index contributed by atoms with van der Waals surface area (Å²) in [6.45, 7) is 2.06. The fourth-order valence-electron chi connectivity index (χ4n) is 5.95. The highest BCUT2D eigenvalue weighted by atomic mass is 16.5. The molecule has 1 aliphatic heterocycles. The minimum atomic E-state index is 0.914. The predicted octanol–water partition coefficient (Wildman–Crippen LogP) is 9.59. The van der Waals surface area contributed by atoms with Crippen LogP contribution in [0.4, 0.5) is 0 Å². The first kappa shape index (κ1) is 21.9. The van der Waals surface area contributed by atoms with Crippen molar-refractivity contribution in [2.24, 2.45) is 0 Å². The van der Waals surface area contributed by atoms with E-state index in [-0.39, 0.29) is 0 Å². The van der Waals surface area contributed by atoms with Crippen molar-refractivity contribution in [1.29, 1.82) is 0 Å². The Labute approximate surface area is 226 Å². The second-order valence-electron chi connectivity index (χ2n) is 10.0. The maximum Gasteiger partial charge on any atom is 0.135 e. The van der Waals surface area contributed by atoms with Crippen LogP contribution in [0.25, 0.3) is 60.9 Å². The van der Waals surface area contributed by atoms with Gasteiger partial charge in [0, 0.05) is 16.6 Å². The van der Waals surface area contributed by atoms with Gasteiger partial charge in [0.2, 0.25) is 0 Å². The van der Waals surface area contributed by atoms with E-state index in [0.29, 0.717) is 0 Å². The fourth-order valence-corrected chi connectivity index (χ4v) is 5.95. The van der Waals surface area contributed by atoms with Crippen LogP contribution >= 0.6 is 0 Å². The van der Waals surface area contributed by atoms with Crippen LogP contribution in [-0.2, 0) is 0 Å². The zero-order valence-corrected chi connectivity index (χ0v) is 21.4. The lowest BCUT2D eigenvalue weighted by molar-refractivity contribution is 0.487. The molecular formula is C36H24N2O. The molecule has 0 amide bonds. The third-order valence-electron chi connectivity index (χ3n) is 7.78. The molecule has 0 N–H and O–H groups in total. The molecule has 39 heavy (non-hydrogen) atoms. The summed E-state index contributed by atoms with van der Waals surface area (Å²) in [4.78, 5) is 4.72. The highest BCUT2D eigenvalue weighted by Gasteiger charge is 2.21. The van der Waals surface area contributed by atoms with Crippen LogP contribution in [0.15, 0.2) is 127 Å². The average Bonchev–Trinajstić information content (AvgIpc) is 3.33. The Hall–Kier alpha value is -5.15. The molecule has 0 atom stereocenters. The van der Waals surface area contributed by atoms with Gasteiger partial charge in [0.1, 0.15) is 17.3 Å². The van der Waals surface area contributed by atoms with Gasteiger partial charge in [-0.05, 0) is 76.5 Å². The van der Waals surface area contributed by atoms with Gasteiger partial charge in [-0.15, -0.1) is 0 Å². The number of aromatic nitrogens is 2. The van der Waals surface area contributed by atoms with E-state index >= 15 is 0 Å². The number of hydrogen-bond acceptors (Lipinski definition) is 2. The monoisotopic (exact) mass is 500 g/mol. The molecule has 8 rings (SSSR count). The fraction of sp³-hybridized carbons (Fsp3) is 0.0278. The van der Waals surface area contributed by atoms with Crippen LogP contribution in [0.1, 0.15) is 5.82 Å². The third-order valence-corrected chi connectivity index (χ3v) is 7.78. The molecule has 1 aromatic heterocycles. The lowest BCUT2D eigenvalue weighted by Crippen LogP contribution is -1.97. The summed E-state index contributed by atoms with van der Waals surface area (Å²) < 4.78 is 8.49. The minimum absolute atomic E-state index is 0.914. The Morgan fingerprint density at radius 2 is 1.23 bits per heavy atom. The van der Waals surface area contributed by atoms with Gasteiger partial charge in [-0.25, -0.2) is 4.98 Å². The van der Waals surface area contributed by atoms with E-state index in [9.17, 15) is 0 Å². The highest BCUT2D eigenvalue weighted by molar-refractivity contribution is 6.09. The molecule has 1 aliphatic rings. The van der Waals surface area contributed by atoms with Gasteiger partial charge in [0.05, 0.1) is 11.0 Å². The maximum atomic E-state index is 6.28. The number of aryl methyl sites for hydroxylation is 1. The number of fused-ring (bicyclic) bond motifs is 3. The van der Waals surface area contributed by atoms with Crippen LogP contribution in [0.3, 0.4) is 0 Å². The first-order chi connectivity index (χ1) is 19.2. The standard InChI is InChI=1S/C36H24N2O/c1-23-37-32-10-3-4-11-33(32)38(23)27-19-17-25(18-20-27)24-13-15-26(16-14-24)28-21-22-35-36-30(28)8-6-9-31(36)29-7-2-5-12-34(29)39-35/h2-22H,1H3. The first-order valence-corrected chi connectivity index (χ1v) is 13.2. The van der Waals surface area contributed by atoms with Gasteiger partial charge in [0.15, 0.2) is 0 Å². The summed E-state index contributed by atoms with van der Waals surface area (Å²) in [6, 6.07) is 44.9. The van der Waals surface area contributed by atoms with Crippen molar-refractivity contribution in [3.05, 3.63) is 133 Å². The number of ether oxygens (including phenoxy) is 1. The van der Waals surface area contributed by atoms with Crippen LogP contribution in [0.5, 0.6) is 11.5 Å². The van der Waals surface area contributed by atoms with Gasteiger partial charge < -0.3 is 4.74 Å². The molecule has 0 bridgehead atoms. The van der Waals surface area contributed by atoms with E-state index in [0.717, 1.165) is 39.6 Å². The number of imidazole rings is 1. The van der Waals surface area contributed by atoms with Gasteiger partial charge in [-0.3, -0.25) is 4.57 Å². The van der Waals surface area contributed by atoms with E-state index < -0.39 is 0 Å². The Morgan fingerprint density at radius 3 is 2.08 bits per heavy atom. The lowest BCUT2D eigenvalue weighted by atomic mass is 9.90. The van der Waals surface area contributed by atoms with E-state index in [4.69, 9.17) is 9.72 Å². The molecule has 3 nitrogen and oxygen atoms in total. The molecule has 0 aliphatic carbocycles. The lowest BCUT2D eigenvalue weighted by Gasteiger charge is -2.22. The van der Waals surface area contributed by atoms with Crippen molar-refractivity contribution in [2.75, 3.05) is 0 Å². The molecule has 0 saturated carbocycles. The van der Waals surface area contributed by atoms with Gasteiger partial charge >= 0.3 is 0 Å². The number of benzene rings is 6. The zero-order chi connectivity index (χ0) is 25.9. The number of rotatable bonds is 3. The van der Waals surface area contributed by atoms with Crippen LogP contribution in [0, 0.1) is 6.92 Å². The average molecular weight is 501 g/mol. The molecule has 2 heterocycles. The quantitative estimate of drug-likeness (QED) is 0.241. The Morgan fingerprint density at radius 1 is 0.538 bits per heavy atom. The highest BCUT2D eigenvalue weighted by Crippen LogP contribution is 2.48. The van der Waals surface area contributed by atoms with Crippen molar-refractivity contribution < 1.29 is 4.74 Å². The molecule has 0 spiro atoms. The zero-order valence-electron chi connectivity index (χ0n) is 21.4. The molecular weight excluding hydrogens is 476 g/mol. The van der Waals surface area contributed by atoms with Crippen molar-refractivity contribution in [2.45, 2.75) is 6.92 Å². The van der Waals surface area contributed by atoms with E-state index in [1.807, 2.05) is 18.2 Å². The van der Waals surface area contributed by atoms with Crippen LogP contribution < -0.4 is 4.74 Å². The second-order valence-corrected chi connectivity index (χ2v) is 10.0. The van der Waals surface area contributed by atoms with E-state index in [2.05, 4.69) is 121 Å². The van der Waals surface area contributed by atoms with Gasteiger partial charge in [-0.1, -0.05) is 91.0 Å². The first-order valence-electron chi connectivity index (χ1n) is 13.2. The number of hydrogen-bond donors (Lipinski definition) is 0. The topological polar surface area (TPSA) is 27.1 Å².